The van der Waals surface area contributed by atoms with Crippen LogP contribution in [-0.4, -0.2) is 32.3 Å². The van der Waals surface area contributed by atoms with Gasteiger partial charge in [-0.3, -0.25) is 4.79 Å². The van der Waals surface area contributed by atoms with E-state index in [0.717, 1.165) is 0 Å². The number of carbonyl (C=O) groups excluding carboxylic acids is 1. The summed E-state index contributed by atoms with van der Waals surface area (Å²) in [6.45, 7) is 3.05. The van der Waals surface area contributed by atoms with Crippen LogP contribution in [0.4, 0.5) is 14.5 Å². The number of amides is 1. The van der Waals surface area contributed by atoms with Gasteiger partial charge in [0.15, 0.2) is 11.5 Å². The van der Waals surface area contributed by atoms with Gasteiger partial charge in [0.2, 0.25) is 0 Å². The van der Waals surface area contributed by atoms with Crippen molar-refractivity contribution in [1.29, 1.82) is 0 Å². The van der Waals surface area contributed by atoms with Crippen LogP contribution in [0.1, 0.15) is 20.8 Å². The van der Waals surface area contributed by atoms with Gasteiger partial charge in [0.25, 0.3) is 5.91 Å². The molecule has 1 rings (SSSR count). The Labute approximate surface area is 128 Å². The Bertz CT molecular complexity index is 494. The molecule has 0 aromatic heterocycles. The van der Waals surface area contributed by atoms with E-state index in [0.29, 0.717) is 18.2 Å². The van der Waals surface area contributed by atoms with Crippen molar-refractivity contribution in [2.45, 2.75) is 33.5 Å². The van der Waals surface area contributed by atoms with Crippen molar-refractivity contribution in [3.8, 4) is 11.5 Å². The molecule has 0 unspecified atom stereocenters. The van der Waals surface area contributed by atoms with Crippen molar-refractivity contribution in [3.05, 3.63) is 18.2 Å². The SMILES string of the molecule is COc1ccc(NC(=O)[C@H](C)OCC(C)C)cc1OC(F)F. The number of hydrogen-bond acceptors (Lipinski definition) is 4. The van der Waals surface area contributed by atoms with Crippen LogP contribution in [0.5, 0.6) is 11.5 Å². The average molecular weight is 317 g/mol. The Kier molecular flexibility index (Phi) is 7.04. The van der Waals surface area contributed by atoms with Crippen molar-refractivity contribution >= 4 is 11.6 Å². The predicted octanol–water partition coefficient (Wildman–Crippen LogP) is 3.30. The monoisotopic (exact) mass is 317 g/mol. The number of halogens is 2. The Hall–Kier alpha value is -1.89. The number of benzene rings is 1. The minimum Gasteiger partial charge on any atom is -0.493 e. The second-order valence-corrected chi connectivity index (χ2v) is 5.10. The Balaban J connectivity index is 2.74. The molecular formula is C15H21F2NO4. The number of rotatable bonds is 8. The first-order valence-electron chi connectivity index (χ1n) is 6.88. The second kappa shape index (κ2) is 8.53. The Morgan fingerprint density at radius 2 is 1.91 bits per heavy atom. The third-order valence-corrected chi connectivity index (χ3v) is 2.70. The molecule has 1 N–H and O–H groups in total. The standard InChI is InChI=1S/C15H21F2NO4/c1-9(2)8-21-10(3)14(19)18-11-5-6-12(20-4)13(7-11)22-15(16)17/h5-7,9-10,15H,8H2,1-4H3,(H,18,19)/t10-/m0/s1. The van der Waals surface area contributed by atoms with Gasteiger partial charge in [0, 0.05) is 18.4 Å². The van der Waals surface area contributed by atoms with Crippen LogP contribution in [0.2, 0.25) is 0 Å². The van der Waals surface area contributed by atoms with Gasteiger partial charge in [0.1, 0.15) is 6.10 Å². The lowest BCUT2D eigenvalue weighted by molar-refractivity contribution is -0.126. The molecule has 1 atom stereocenters. The topological polar surface area (TPSA) is 56.8 Å². The first kappa shape index (κ1) is 18.2. The second-order valence-electron chi connectivity index (χ2n) is 5.10. The van der Waals surface area contributed by atoms with Crippen LogP contribution in [0.3, 0.4) is 0 Å². The lowest BCUT2D eigenvalue weighted by Gasteiger charge is -2.16. The normalized spacial score (nSPS) is 12.4. The first-order chi connectivity index (χ1) is 10.3. The molecule has 0 radical (unpaired) electrons. The van der Waals surface area contributed by atoms with E-state index < -0.39 is 12.7 Å². The van der Waals surface area contributed by atoms with Crippen molar-refractivity contribution < 1.29 is 27.8 Å². The van der Waals surface area contributed by atoms with Crippen LogP contribution in [-0.2, 0) is 9.53 Å². The lowest BCUT2D eigenvalue weighted by atomic mass is 10.2. The Morgan fingerprint density at radius 1 is 1.23 bits per heavy atom. The van der Waals surface area contributed by atoms with Gasteiger partial charge < -0.3 is 19.5 Å². The van der Waals surface area contributed by atoms with Gasteiger partial charge in [-0.15, -0.1) is 0 Å². The van der Waals surface area contributed by atoms with E-state index in [4.69, 9.17) is 9.47 Å². The largest absolute Gasteiger partial charge is 0.493 e. The molecule has 0 fully saturated rings. The van der Waals surface area contributed by atoms with E-state index in [1.165, 1.54) is 25.3 Å². The van der Waals surface area contributed by atoms with E-state index in [1.54, 1.807) is 6.92 Å². The van der Waals surface area contributed by atoms with Crippen molar-refractivity contribution in [3.63, 3.8) is 0 Å². The van der Waals surface area contributed by atoms with Gasteiger partial charge in [-0.25, -0.2) is 0 Å². The maximum absolute atomic E-state index is 12.4. The molecule has 124 valence electrons. The summed E-state index contributed by atoms with van der Waals surface area (Å²) in [5, 5.41) is 2.59. The third-order valence-electron chi connectivity index (χ3n) is 2.70. The molecule has 0 aliphatic heterocycles. The number of anilines is 1. The molecule has 0 aliphatic carbocycles. The average Bonchev–Trinajstić information content (AvgIpc) is 2.44. The minimum atomic E-state index is -2.98. The molecule has 1 aromatic carbocycles. The van der Waals surface area contributed by atoms with Crippen molar-refractivity contribution in [1.82, 2.24) is 0 Å². The number of methoxy groups -OCH3 is 1. The summed E-state index contributed by atoms with van der Waals surface area (Å²) >= 11 is 0. The highest BCUT2D eigenvalue weighted by atomic mass is 19.3. The fourth-order valence-corrected chi connectivity index (χ4v) is 1.60. The molecule has 5 nitrogen and oxygen atoms in total. The van der Waals surface area contributed by atoms with E-state index in [2.05, 4.69) is 10.1 Å². The molecule has 1 amide bonds. The smallest absolute Gasteiger partial charge is 0.387 e. The van der Waals surface area contributed by atoms with E-state index >= 15 is 0 Å². The summed E-state index contributed by atoms with van der Waals surface area (Å²) < 4.78 is 39.4. The van der Waals surface area contributed by atoms with Gasteiger partial charge in [0.05, 0.1) is 7.11 Å². The molecule has 0 spiro atoms. The lowest BCUT2D eigenvalue weighted by Crippen LogP contribution is -2.28. The fraction of sp³-hybridized carbons (Fsp3) is 0.533. The maximum Gasteiger partial charge on any atom is 0.387 e. The number of alkyl halides is 2. The molecule has 0 bridgehead atoms. The highest BCUT2D eigenvalue weighted by Crippen LogP contribution is 2.31. The van der Waals surface area contributed by atoms with Crippen LogP contribution < -0.4 is 14.8 Å². The van der Waals surface area contributed by atoms with Gasteiger partial charge in [-0.1, -0.05) is 13.8 Å². The zero-order chi connectivity index (χ0) is 16.7. The highest BCUT2D eigenvalue weighted by molar-refractivity contribution is 5.94. The zero-order valence-corrected chi connectivity index (χ0v) is 13.1. The molecular weight excluding hydrogens is 296 g/mol. The fourth-order valence-electron chi connectivity index (χ4n) is 1.60. The minimum absolute atomic E-state index is 0.147. The summed E-state index contributed by atoms with van der Waals surface area (Å²) in [4.78, 5) is 12.0. The van der Waals surface area contributed by atoms with Crippen LogP contribution in [0, 0.1) is 5.92 Å². The van der Waals surface area contributed by atoms with E-state index in [9.17, 15) is 13.6 Å². The van der Waals surface area contributed by atoms with Gasteiger partial charge in [-0.2, -0.15) is 8.78 Å². The van der Waals surface area contributed by atoms with Crippen molar-refractivity contribution in [2.24, 2.45) is 5.92 Å². The summed E-state index contributed by atoms with van der Waals surface area (Å²) in [5.74, 6) is -0.0513. The Morgan fingerprint density at radius 3 is 2.45 bits per heavy atom. The molecule has 7 heteroatoms. The molecule has 1 aromatic rings. The van der Waals surface area contributed by atoms with Gasteiger partial charge in [-0.05, 0) is 25.0 Å². The van der Waals surface area contributed by atoms with Crippen LogP contribution in [0.15, 0.2) is 18.2 Å². The quantitative estimate of drug-likeness (QED) is 0.799. The van der Waals surface area contributed by atoms with Crippen LogP contribution in [0.25, 0.3) is 0 Å². The maximum atomic E-state index is 12.4. The number of nitrogens with one attached hydrogen (secondary N) is 1. The van der Waals surface area contributed by atoms with Crippen molar-refractivity contribution in [2.75, 3.05) is 19.0 Å². The predicted molar refractivity (Wildman–Crippen MR) is 78.5 cm³/mol. The van der Waals surface area contributed by atoms with Gasteiger partial charge >= 0.3 is 6.61 Å². The number of ether oxygens (including phenoxy) is 3. The van der Waals surface area contributed by atoms with E-state index in [-0.39, 0.29) is 17.4 Å². The van der Waals surface area contributed by atoms with Crippen LogP contribution >= 0.6 is 0 Å². The molecule has 0 saturated heterocycles. The number of hydrogen-bond donors (Lipinski definition) is 1. The summed E-state index contributed by atoms with van der Waals surface area (Å²) in [6.07, 6.45) is -0.649. The molecule has 22 heavy (non-hydrogen) atoms. The first-order valence-corrected chi connectivity index (χ1v) is 6.88. The third kappa shape index (κ3) is 5.85. The molecule has 0 aliphatic rings. The number of carbonyl (C=O) groups is 1. The summed E-state index contributed by atoms with van der Waals surface area (Å²) in [7, 11) is 1.34. The summed E-state index contributed by atoms with van der Waals surface area (Å²) in [6, 6.07) is 4.25. The molecule has 0 saturated carbocycles. The highest BCUT2D eigenvalue weighted by Gasteiger charge is 2.16. The van der Waals surface area contributed by atoms with E-state index in [1.807, 2.05) is 13.8 Å². The summed E-state index contributed by atoms with van der Waals surface area (Å²) in [5.41, 5.74) is 0.321. The zero-order valence-electron chi connectivity index (χ0n) is 13.1. The molecule has 0 heterocycles.